The summed E-state index contributed by atoms with van der Waals surface area (Å²) in [5.74, 6) is -0.102. The molecule has 7 heteroatoms. The molecule has 3 rings (SSSR count). The minimum atomic E-state index is -0.411. The fourth-order valence-electron chi connectivity index (χ4n) is 2.65. The average Bonchev–Trinajstić information content (AvgIpc) is 2.61. The molecule has 0 aliphatic rings. The van der Waals surface area contributed by atoms with Crippen molar-refractivity contribution >= 4 is 40.2 Å². The molecule has 2 aromatic carbocycles. The maximum absolute atomic E-state index is 13.2. The molecule has 1 amide bonds. The van der Waals surface area contributed by atoms with Crippen LogP contribution in [0.5, 0.6) is 0 Å². The number of rotatable bonds is 5. The number of carbonyl (C=O) groups excluding carboxylic acids is 1. The SMILES string of the molecule is CC(C)NC(=O)C(C)Sc1nc2ccccc2c(=O)n1-c1cccc(Cl)c1. The first-order chi connectivity index (χ1) is 12.9. The van der Waals surface area contributed by atoms with E-state index in [0.29, 0.717) is 26.8 Å². The summed E-state index contributed by atoms with van der Waals surface area (Å²) < 4.78 is 1.51. The van der Waals surface area contributed by atoms with Crippen molar-refractivity contribution < 1.29 is 4.79 Å². The van der Waals surface area contributed by atoms with Gasteiger partial charge in [0, 0.05) is 11.1 Å². The summed E-state index contributed by atoms with van der Waals surface area (Å²) in [6.45, 7) is 5.61. The third-order valence-electron chi connectivity index (χ3n) is 3.89. The second-order valence-corrected chi connectivity index (χ2v) is 8.20. The second-order valence-electron chi connectivity index (χ2n) is 6.46. The summed E-state index contributed by atoms with van der Waals surface area (Å²) in [5, 5.41) is 3.96. The van der Waals surface area contributed by atoms with Crippen molar-refractivity contribution in [1.82, 2.24) is 14.9 Å². The minimum absolute atomic E-state index is 0.0419. The number of nitrogens with zero attached hydrogens (tertiary/aromatic N) is 2. The summed E-state index contributed by atoms with van der Waals surface area (Å²) in [4.78, 5) is 30.1. The molecule has 1 N–H and O–H groups in total. The Labute approximate surface area is 166 Å². The maximum atomic E-state index is 13.2. The van der Waals surface area contributed by atoms with E-state index < -0.39 is 5.25 Å². The molecule has 1 atom stereocenters. The van der Waals surface area contributed by atoms with Crippen molar-refractivity contribution in [3.8, 4) is 5.69 Å². The van der Waals surface area contributed by atoms with E-state index in [1.54, 1.807) is 49.4 Å². The molecule has 0 spiro atoms. The molecule has 5 nitrogen and oxygen atoms in total. The first-order valence-electron chi connectivity index (χ1n) is 8.61. The average molecular weight is 402 g/mol. The van der Waals surface area contributed by atoms with Crippen LogP contribution in [0.15, 0.2) is 58.5 Å². The van der Waals surface area contributed by atoms with Gasteiger partial charge in [-0.15, -0.1) is 0 Å². The number of halogens is 1. The van der Waals surface area contributed by atoms with Crippen molar-refractivity contribution in [3.05, 3.63) is 63.9 Å². The second kappa shape index (κ2) is 8.15. The molecule has 0 fully saturated rings. The molecule has 3 aromatic rings. The van der Waals surface area contributed by atoms with Crippen LogP contribution in [0.25, 0.3) is 16.6 Å². The van der Waals surface area contributed by atoms with Crippen molar-refractivity contribution in [2.75, 3.05) is 0 Å². The lowest BCUT2D eigenvalue weighted by Crippen LogP contribution is -2.36. The third-order valence-corrected chi connectivity index (χ3v) is 5.18. The Bertz CT molecular complexity index is 1050. The number of carbonyl (C=O) groups is 1. The fraction of sp³-hybridized carbons (Fsp3) is 0.250. The Morgan fingerprint density at radius 2 is 1.89 bits per heavy atom. The van der Waals surface area contributed by atoms with Gasteiger partial charge in [0.1, 0.15) is 0 Å². The summed E-state index contributed by atoms with van der Waals surface area (Å²) in [6.07, 6.45) is 0. The number of thioether (sulfide) groups is 1. The lowest BCUT2D eigenvalue weighted by atomic mass is 10.2. The molecule has 0 aliphatic carbocycles. The molecule has 0 saturated carbocycles. The van der Waals surface area contributed by atoms with Crippen LogP contribution in [0.3, 0.4) is 0 Å². The summed E-state index contributed by atoms with van der Waals surface area (Å²) in [7, 11) is 0. The molecular formula is C20H20ClN3O2S. The summed E-state index contributed by atoms with van der Waals surface area (Å²) in [5.41, 5.74) is 1.02. The van der Waals surface area contributed by atoms with Gasteiger partial charge < -0.3 is 5.32 Å². The van der Waals surface area contributed by atoms with E-state index in [0.717, 1.165) is 0 Å². The molecule has 27 heavy (non-hydrogen) atoms. The van der Waals surface area contributed by atoms with Gasteiger partial charge in [-0.3, -0.25) is 14.2 Å². The topological polar surface area (TPSA) is 64.0 Å². The Hall–Kier alpha value is -2.31. The number of hydrogen-bond acceptors (Lipinski definition) is 4. The van der Waals surface area contributed by atoms with E-state index in [1.165, 1.54) is 16.3 Å². The number of amides is 1. The molecule has 1 unspecified atom stereocenters. The van der Waals surface area contributed by atoms with E-state index in [-0.39, 0.29) is 17.5 Å². The van der Waals surface area contributed by atoms with Crippen molar-refractivity contribution in [2.24, 2.45) is 0 Å². The van der Waals surface area contributed by atoms with E-state index >= 15 is 0 Å². The zero-order valence-electron chi connectivity index (χ0n) is 15.3. The monoisotopic (exact) mass is 401 g/mol. The zero-order chi connectivity index (χ0) is 19.6. The molecule has 0 radical (unpaired) electrons. The molecule has 0 saturated heterocycles. The van der Waals surface area contributed by atoms with Gasteiger partial charge in [-0.1, -0.05) is 41.6 Å². The highest BCUT2D eigenvalue weighted by atomic mass is 35.5. The number of benzene rings is 2. The molecular weight excluding hydrogens is 382 g/mol. The lowest BCUT2D eigenvalue weighted by Gasteiger charge is -2.17. The van der Waals surface area contributed by atoms with Gasteiger partial charge in [-0.25, -0.2) is 4.98 Å². The van der Waals surface area contributed by atoms with E-state index in [2.05, 4.69) is 10.3 Å². The number of nitrogens with one attached hydrogen (secondary N) is 1. The smallest absolute Gasteiger partial charge is 0.266 e. The van der Waals surface area contributed by atoms with E-state index in [9.17, 15) is 9.59 Å². The van der Waals surface area contributed by atoms with Crippen LogP contribution in [-0.4, -0.2) is 26.8 Å². The predicted molar refractivity (Wildman–Crippen MR) is 111 cm³/mol. The normalized spacial score (nSPS) is 12.3. The highest BCUT2D eigenvalue weighted by Crippen LogP contribution is 2.26. The van der Waals surface area contributed by atoms with E-state index in [1.807, 2.05) is 19.9 Å². The Kier molecular flexibility index (Phi) is 5.87. The van der Waals surface area contributed by atoms with Gasteiger partial charge in [-0.2, -0.15) is 0 Å². The summed E-state index contributed by atoms with van der Waals surface area (Å²) >= 11 is 7.37. The number of aromatic nitrogens is 2. The Balaban J connectivity index is 2.14. The quantitative estimate of drug-likeness (QED) is 0.517. The van der Waals surface area contributed by atoms with Crippen LogP contribution in [0.4, 0.5) is 0 Å². The van der Waals surface area contributed by atoms with Crippen molar-refractivity contribution in [1.29, 1.82) is 0 Å². The van der Waals surface area contributed by atoms with Crippen LogP contribution in [0, 0.1) is 0 Å². The molecule has 0 bridgehead atoms. The van der Waals surface area contributed by atoms with Crippen LogP contribution >= 0.6 is 23.4 Å². The first kappa shape index (κ1) is 19.5. The number of para-hydroxylation sites is 1. The number of hydrogen-bond donors (Lipinski definition) is 1. The van der Waals surface area contributed by atoms with Crippen LogP contribution in [0.2, 0.25) is 5.02 Å². The van der Waals surface area contributed by atoms with Gasteiger partial charge in [0.15, 0.2) is 5.16 Å². The molecule has 0 aliphatic heterocycles. The molecule has 1 heterocycles. The standard InChI is InChI=1S/C20H20ClN3O2S/c1-12(2)22-18(25)13(3)27-20-23-17-10-5-4-9-16(17)19(26)24(20)15-8-6-7-14(21)11-15/h4-13H,1-3H3,(H,22,25). The maximum Gasteiger partial charge on any atom is 0.266 e. The van der Waals surface area contributed by atoms with Crippen molar-refractivity contribution in [3.63, 3.8) is 0 Å². The Morgan fingerprint density at radius 1 is 1.15 bits per heavy atom. The highest BCUT2D eigenvalue weighted by molar-refractivity contribution is 8.00. The van der Waals surface area contributed by atoms with Gasteiger partial charge in [0.2, 0.25) is 5.91 Å². The first-order valence-corrected chi connectivity index (χ1v) is 9.87. The van der Waals surface area contributed by atoms with Crippen molar-refractivity contribution in [2.45, 2.75) is 37.2 Å². The zero-order valence-corrected chi connectivity index (χ0v) is 16.8. The lowest BCUT2D eigenvalue weighted by molar-refractivity contribution is -0.120. The van der Waals surface area contributed by atoms with Crippen LogP contribution < -0.4 is 10.9 Å². The minimum Gasteiger partial charge on any atom is -0.353 e. The largest absolute Gasteiger partial charge is 0.353 e. The third kappa shape index (κ3) is 4.34. The van der Waals surface area contributed by atoms with Gasteiger partial charge in [-0.05, 0) is 51.1 Å². The fourth-order valence-corrected chi connectivity index (χ4v) is 3.77. The van der Waals surface area contributed by atoms with Gasteiger partial charge in [0.25, 0.3) is 5.56 Å². The highest BCUT2D eigenvalue weighted by Gasteiger charge is 2.20. The number of fused-ring (bicyclic) bond motifs is 1. The molecule has 1 aromatic heterocycles. The molecule has 140 valence electrons. The van der Waals surface area contributed by atoms with Gasteiger partial charge in [0.05, 0.1) is 21.8 Å². The summed E-state index contributed by atoms with van der Waals surface area (Å²) in [6, 6.07) is 14.3. The van der Waals surface area contributed by atoms with Gasteiger partial charge >= 0.3 is 0 Å². The van der Waals surface area contributed by atoms with Crippen LogP contribution in [-0.2, 0) is 4.79 Å². The van der Waals surface area contributed by atoms with E-state index in [4.69, 9.17) is 11.6 Å². The Morgan fingerprint density at radius 3 is 2.59 bits per heavy atom. The van der Waals surface area contributed by atoms with Crippen LogP contribution in [0.1, 0.15) is 20.8 Å². The predicted octanol–water partition coefficient (Wildman–Crippen LogP) is 4.04.